The minimum atomic E-state index is 0.0702. The summed E-state index contributed by atoms with van der Waals surface area (Å²) in [5.74, 6) is 0.952. The summed E-state index contributed by atoms with van der Waals surface area (Å²) in [6, 6.07) is 5.20. The predicted octanol–water partition coefficient (Wildman–Crippen LogP) is 3.29. The number of hydrogen-bond donors (Lipinski definition) is 1. The number of ether oxygens (including phenoxy) is 1. The van der Waals surface area contributed by atoms with Gasteiger partial charge in [-0.2, -0.15) is 0 Å². The monoisotopic (exact) mass is 262 g/mol. The van der Waals surface area contributed by atoms with Crippen LogP contribution in [0.5, 0.6) is 5.75 Å². The number of nitrogens with zero attached hydrogens (tertiary/aromatic N) is 1. The average molecular weight is 262 g/mol. The summed E-state index contributed by atoms with van der Waals surface area (Å²) < 4.78 is 6.02. The Bertz CT molecular complexity index is 417. The van der Waals surface area contributed by atoms with E-state index in [-0.39, 0.29) is 5.41 Å². The first-order chi connectivity index (χ1) is 8.84. The maximum absolute atomic E-state index is 6.02. The molecule has 106 valence electrons. The lowest BCUT2D eigenvalue weighted by Gasteiger charge is -2.37. The van der Waals surface area contributed by atoms with Crippen molar-refractivity contribution in [1.29, 1.82) is 0 Å². The van der Waals surface area contributed by atoms with Crippen LogP contribution in [0, 0.1) is 0 Å². The van der Waals surface area contributed by atoms with Crippen molar-refractivity contribution in [2.75, 3.05) is 0 Å². The summed E-state index contributed by atoms with van der Waals surface area (Å²) in [5, 5.41) is 3.54. The van der Waals surface area contributed by atoms with E-state index >= 15 is 0 Å². The molecule has 0 unspecified atom stereocenters. The Kier molecular flexibility index (Phi) is 4.14. The normalized spacial score (nSPS) is 23.3. The Morgan fingerprint density at radius 3 is 2.58 bits per heavy atom. The van der Waals surface area contributed by atoms with Gasteiger partial charge in [0, 0.05) is 35.5 Å². The summed E-state index contributed by atoms with van der Waals surface area (Å²) in [6.45, 7) is 10.9. The zero-order valence-electron chi connectivity index (χ0n) is 12.7. The molecule has 0 bridgehead atoms. The fraction of sp³-hybridized carbons (Fsp3) is 0.688. The molecule has 0 aromatic carbocycles. The minimum absolute atomic E-state index is 0.0702. The third kappa shape index (κ3) is 3.93. The van der Waals surface area contributed by atoms with E-state index in [1.54, 1.807) is 0 Å². The van der Waals surface area contributed by atoms with Gasteiger partial charge in [0.15, 0.2) is 0 Å². The van der Waals surface area contributed by atoms with Crippen molar-refractivity contribution in [1.82, 2.24) is 10.3 Å². The number of rotatable bonds is 4. The van der Waals surface area contributed by atoms with Gasteiger partial charge < -0.3 is 10.1 Å². The molecule has 1 aliphatic rings. The highest BCUT2D eigenvalue weighted by atomic mass is 16.5. The predicted molar refractivity (Wildman–Crippen MR) is 78.6 cm³/mol. The largest absolute Gasteiger partial charge is 0.490 e. The van der Waals surface area contributed by atoms with Gasteiger partial charge in [0.1, 0.15) is 11.9 Å². The molecule has 1 fully saturated rings. The van der Waals surface area contributed by atoms with E-state index in [1.807, 2.05) is 12.3 Å². The van der Waals surface area contributed by atoms with E-state index in [9.17, 15) is 0 Å². The van der Waals surface area contributed by atoms with Gasteiger partial charge in [0.25, 0.3) is 0 Å². The van der Waals surface area contributed by atoms with Crippen LogP contribution in [0.2, 0.25) is 0 Å². The fourth-order valence-electron chi connectivity index (χ4n) is 2.36. The molecule has 0 saturated heterocycles. The Labute approximate surface area is 116 Å². The van der Waals surface area contributed by atoms with E-state index in [0.717, 1.165) is 24.3 Å². The molecule has 19 heavy (non-hydrogen) atoms. The van der Waals surface area contributed by atoms with Crippen LogP contribution in [0.4, 0.5) is 0 Å². The lowest BCUT2D eigenvalue weighted by atomic mass is 9.88. The van der Waals surface area contributed by atoms with E-state index in [4.69, 9.17) is 4.74 Å². The fourth-order valence-corrected chi connectivity index (χ4v) is 2.36. The summed E-state index contributed by atoms with van der Waals surface area (Å²) in [7, 11) is 0. The molecule has 0 atom stereocenters. The lowest BCUT2D eigenvalue weighted by molar-refractivity contribution is 0.0812. The minimum Gasteiger partial charge on any atom is -0.490 e. The van der Waals surface area contributed by atoms with Crippen LogP contribution in [-0.4, -0.2) is 23.2 Å². The zero-order valence-corrected chi connectivity index (χ0v) is 12.7. The molecule has 1 N–H and O–H groups in total. The van der Waals surface area contributed by atoms with Crippen molar-refractivity contribution in [3.63, 3.8) is 0 Å². The molecule has 1 aromatic heterocycles. The quantitative estimate of drug-likeness (QED) is 0.904. The summed E-state index contributed by atoms with van der Waals surface area (Å²) in [6.07, 6.45) is 4.40. The lowest BCUT2D eigenvalue weighted by Crippen LogP contribution is -2.49. The van der Waals surface area contributed by atoms with E-state index < -0.39 is 0 Å². The molecule has 0 amide bonds. The maximum Gasteiger partial charge on any atom is 0.123 e. The first-order valence-electron chi connectivity index (χ1n) is 7.24. The highest BCUT2D eigenvalue weighted by molar-refractivity contribution is 5.26. The highest BCUT2D eigenvalue weighted by Crippen LogP contribution is 2.28. The molecular formula is C16H26N2O. The zero-order chi connectivity index (χ0) is 14.0. The second kappa shape index (κ2) is 5.49. The van der Waals surface area contributed by atoms with Crippen LogP contribution in [0.25, 0.3) is 0 Å². The molecule has 1 saturated carbocycles. The van der Waals surface area contributed by atoms with Gasteiger partial charge in [0.2, 0.25) is 0 Å². The first kappa shape index (κ1) is 14.3. The topological polar surface area (TPSA) is 34.1 Å². The third-order valence-electron chi connectivity index (χ3n) is 3.47. The van der Waals surface area contributed by atoms with Gasteiger partial charge in [-0.3, -0.25) is 4.98 Å². The molecular weight excluding hydrogens is 236 g/mol. The molecule has 0 aliphatic heterocycles. The van der Waals surface area contributed by atoms with Crippen molar-refractivity contribution in [3.8, 4) is 5.75 Å². The number of nitrogens with one attached hydrogen (secondary N) is 1. The smallest absolute Gasteiger partial charge is 0.123 e. The highest BCUT2D eigenvalue weighted by Gasteiger charge is 2.31. The van der Waals surface area contributed by atoms with Gasteiger partial charge in [-0.1, -0.05) is 34.6 Å². The number of pyridine rings is 1. The molecule has 1 aliphatic carbocycles. The molecule has 0 radical (unpaired) electrons. The summed E-state index contributed by atoms with van der Waals surface area (Å²) in [4.78, 5) is 4.42. The van der Waals surface area contributed by atoms with Crippen molar-refractivity contribution < 1.29 is 4.74 Å². The van der Waals surface area contributed by atoms with Crippen molar-refractivity contribution >= 4 is 0 Å². The Morgan fingerprint density at radius 2 is 2.00 bits per heavy atom. The van der Waals surface area contributed by atoms with Gasteiger partial charge >= 0.3 is 0 Å². The van der Waals surface area contributed by atoms with Crippen molar-refractivity contribution in [3.05, 3.63) is 24.0 Å². The Balaban J connectivity index is 1.88. The molecule has 2 rings (SSSR count). The van der Waals surface area contributed by atoms with Gasteiger partial charge in [-0.25, -0.2) is 0 Å². The van der Waals surface area contributed by atoms with Gasteiger partial charge in [-0.15, -0.1) is 0 Å². The average Bonchev–Trinajstić information content (AvgIpc) is 2.25. The second-order valence-corrected chi connectivity index (χ2v) is 6.86. The molecule has 1 aromatic rings. The van der Waals surface area contributed by atoms with Crippen LogP contribution in [0.1, 0.15) is 53.2 Å². The van der Waals surface area contributed by atoms with E-state index in [2.05, 4.69) is 51.0 Å². The SMILES string of the molecule is CC(C)NC1CC(Oc2ccnc(C(C)(C)C)c2)C1. The van der Waals surface area contributed by atoms with Crippen LogP contribution in [0.3, 0.4) is 0 Å². The Hall–Kier alpha value is -1.09. The molecule has 0 spiro atoms. The van der Waals surface area contributed by atoms with Crippen LogP contribution in [-0.2, 0) is 5.41 Å². The van der Waals surface area contributed by atoms with Gasteiger partial charge in [-0.05, 0) is 18.9 Å². The molecule has 3 heteroatoms. The summed E-state index contributed by atoms with van der Waals surface area (Å²) in [5.41, 5.74) is 1.15. The first-order valence-corrected chi connectivity index (χ1v) is 7.24. The third-order valence-corrected chi connectivity index (χ3v) is 3.47. The van der Waals surface area contributed by atoms with E-state index in [1.165, 1.54) is 0 Å². The standard InChI is InChI=1S/C16H26N2O/c1-11(2)18-12-8-14(9-12)19-13-6-7-17-15(10-13)16(3,4)5/h6-7,10-12,14,18H,8-9H2,1-5H3. The number of aromatic nitrogens is 1. The second-order valence-electron chi connectivity index (χ2n) is 6.86. The van der Waals surface area contributed by atoms with Crippen LogP contribution in [0.15, 0.2) is 18.3 Å². The van der Waals surface area contributed by atoms with Crippen molar-refractivity contribution in [2.24, 2.45) is 0 Å². The van der Waals surface area contributed by atoms with Crippen LogP contribution >= 0.6 is 0 Å². The Morgan fingerprint density at radius 1 is 1.32 bits per heavy atom. The van der Waals surface area contributed by atoms with Gasteiger partial charge in [0.05, 0.1) is 0 Å². The number of hydrogen-bond acceptors (Lipinski definition) is 3. The molecule has 1 heterocycles. The maximum atomic E-state index is 6.02. The summed E-state index contributed by atoms with van der Waals surface area (Å²) >= 11 is 0. The van der Waals surface area contributed by atoms with Crippen molar-refractivity contribution in [2.45, 2.75) is 71.1 Å². The molecule has 3 nitrogen and oxygen atoms in total. The van der Waals surface area contributed by atoms with E-state index in [0.29, 0.717) is 18.2 Å². The van der Waals surface area contributed by atoms with Crippen LogP contribution < -0.4 is 10.1 Å².